The van der Waals surface area contributed by atoms with Gasteiger partial charge in [-0.2, -0.15) is 0 Å². The monoisotopic (exact) mass is 361 g/mol. The van der Waals surface area contributed by atoms with Gasteiger partial charge in [-0.1, -0.05) is 60.7 Å². The molecular weight excluding hydrogens is 338 g/mol. The Balaban J connectivity index is 1.75. The molecule has 0 saturated carbocycles. The molecule has 4 heteroatoms. The summed E-state index contributed by atoms with van der Waals surface area (Å²) in [5.74, 6) is 1.54. The van der Waals surface area contributed by atoms with Crippen molar-refractivity contribution in [3.63, 3.8) is 0 Å². The number of hydrogen-bond donors (Lipinski definition) is 2. The Morgan fingerprint density at radius 1 is 0.889 bits per heavy atom. The molecule has 0 unspecified atom stereocenters. The van der Waals surface area contributed by atoms with Gasteiger partial charge in [0.05, 0.1) is 18.3 Å². The zero-order chi connectivity index (χ0) is 18.6. The third kappa shape index (κ3) is 3.54. The fraction of sp³-hybridized carbons (Fsp3) is 0.217. The number of anilines is 1. The minimum atomic E-state index is -0.886. The van der Waals surface area contributed by atoms with Crippen molar-refractivity contribution in [3.05, 3.63) is 90.0 Å². The molecule has 0 saturated heterocycles. The Hall–Kier alpha value is -2.82. The van der Waals surface area contributed by atoms with Gasteiger partial charge in [0.2, 0.25) is 0 Å². The molecule has 4 nitrogen and oxygen atoms in total. The zero-order valence-corrected chi connectivity index (χ0v) is 15.0. The van der Waals surface area contributed by atoms with Gasteiger partial charge in [-0.25, -0.2) is 0 Å². The number of rotatable bonds is 6. The van der Waals surface area contributed by atoms with Crippen LogP contribution in [0.2, 0.25) is 0 Å². The van der Waals surface area contributed by atoms with Gasteiger partial charge in [-0.05, 0) is 35.7 Å². The van der Waals surface area contributed by atoms with Crippen LogP contribution in [0.25, 0.3) is 0 Å². The van der Waals surface area contributed by atoms with E-state index in [0.717, 1.165) is 35.7 Å². The first-order valence-electron chi connectivity index (χ1n) is 9.23. The molecule has 0 fully saturated rings. The second kappa shape index (κ2) is 7.82. The van der Waals surface area contributed by atoms with Crippen LogP contribution in [-0.4, -0.2) is 29.5 Å². The van der Waals surface area contributed by atoms with E-state index in [1.807, 2.05) is 72.8 Å². The van der Waals surface area contributed by atoms with E-state index in [0.29, 0.717) is 0 Å². The second-order valence-corrected chi connectivity index (χ2v) is 6.73. The van der Waals surface area contributed by atoms with Gasteiger partial charge in [0.1, 0.15) is 11.9 Å². The summed E-state index contributed by atoms with van der Waals surface area (Å²) in [6, 6.07) is 25.3. The van der Waals surface area contributed by atoms with E-state index in [1.54, 1.807) is 0 Å². The molecule has 3 aromatic rings. The first-order chi connectivity index (χ1) is 13.3. The van der Waals surface area contributed by atoms with Crippen molar-refractivity contribution in [1.82, 2.24) is 0 Å². The van der Waals surface area contributed by atoms with Crippen LogP contribution >= 0.6 is 0 Å². The molecule has 138 valence electrons. The van der Waals surface area contributed by atoms with Crippen LogP contribution in [0.3, 0.4) is 0 Å². The summed E-state index contributed by atoms with van der Waals surface area (Å²) in [5, 5.41) is 20.3. The molecule has 2 N–H and O–H groups in total. The summed E-state index contributed by atoms with van der Waals surface area (Å²) in [4.78, 5) is 2.16. The normalized spacial score (nSPS) is 15.3. The van der Waals surface area contributed by atoms with Gasteiger partial charge in [-0.15, -0.1) is 0 Å². The van der Waals surface area contributed by atoms with Crippen LogP contribution in [0.5, 0.6) is 11.5 Å². The highest BCUT2D eigenvalue weighted by molar-refractivity contribution is 5.69. The summed E-state index contributed by atoms with van der Waals surface area (Å²) in [6.45, 7) is 0.466. The topological polar surface area (TPSA) is 52.9 Å². The lowest BCUT2D eigenvalue weighted by Gasteiger charge is -2.34. The van der Waals surface area contributed by atoms with Gasteiger partial charge in [0.25, 0.3) is 0 Å². The predicted molar refractivity (Wildman–Crippen MR) is 106 cm³/mol. The number of nitrogens with zero attached hydrogens (tertiary/aromatic N) is 1. The number of hydrogen-bond acceptors (Lipinski definition) is 4. The lowest BCUT2D eigenvalue weighted by molar-refractivity contribution is 0.0716. The quantitative estimate of drug-likeness (QED) is 0.698. The predicted octanol–water partition coefficient (Wildman–Crippen LogP) is 3.94. The average Bonchev–Trinajstić information content (AvgIpc) is 3.14. The highest BCUT2D eigenvalue weighted by atomic mass is 16.5. The molecule has 2 atom stereocenters. The lowest BCUT2D eigenvalue weighted by Crippen LogP contribution is -2.37. The summed E-state index contributed by atoms with van der Waals surface area (Å²) >= 11 is 0. The van der Waals surface area contributed by atoms with E-state index >= 15 is 0 Å². The van der Waals surface area contributed by atoms with E-state index in [4.69, 9.17) is 4.74 Å². The lowest BCUT2D eigenvalue weighted by atomic mass is 9.99. The molecule has 0 amide bonds. The van der Waals surface area contributed by atoms with Crippen LogP contribution in [-0.2, 0) is 6.42 Å². The van der Waals surface area contributed by atoms with Crippen molar-refractivity contribution >= 4 is 5.69 Å². The highest BCUT2D eigenvalue weighted by Crippen LogP contribution is 2.44. The van der Waals surface area contributed by atoms with E-state index < -0.39 is 6.10 Å². The molecule has 0 radical (unpaired) electrons. The molecule has 0 aromatic heterocycles. The Bertz CT molecular complexity index is 883. The van der Waals surface area contributed by atoms with Gasteiger partial charge in [0, 0.05) is 6.54 Å². The number of benzene rings is 3. The van der Waals surface area contributed by atoms with E-state index in [2.05, 4.69) is 11.0 Å². The maximum atomic E-state index is 10.6. The van der Waals surface area contributed by atoms with Crippen LogP contribution < -0.4 is 9.64 Å². The molecule has 1 aliphatic rings. The van der Waals surface area contributed by atoms with Gasteiger partial charge < -0.3 is 19.8 Å². The summed E-state index contributed by atoms with van der Waals surface area (Å²) in [5.41, 5.74) is 3.15. The van der Waals surface area contributed by atoms with Crippen molar-refractivity contribution in [1.29, 1.82) is 0 Å². The SMILES string of the molecule is OC[C@@H](O)[C@H](c1ccccc1)N1CCc2cccc(Oc3ccccc3)c21. The molecule has 27 heavy (non-hydrogen) atoms. The third-order valence-electron chi connectivity index (χ3n) is 4.99. The Morgan fingerprint density at radius 2 is 1.59 bits per heavy atom. The first kappa shape index (κ1) is 17.6. The fourth-order valence-corrected chi connectivity index (χ4v) is 3.78. The Morgan fingerprint density at radius 3 is 2.30 bits per heavy atom. The fourth-order valence-electron chi connectivity index (χ4n) is 3.78. The van der Waals surface area contributed by atoms with E-state index in [-0.39, 0.29) is 12.6 Å². The van der Waals surface area contributed by atoms with E-state index in [1.165, 1.54) is 5.56 Å². The number of aliphatic hydroxyl groups excluding tert-OH is 2. The van der Waals surface area contributed by atoms with Crippen molar-refractivity contribution in [3.8, 4) is 11.5 Å². The van der Waals surface area contributed by atoms with Crippen molar-refractivity contribution < 1.29 is 14.9 Å². The molecular formula is C23H23NO3. The minimum Gasteiger partial charge on any atom is -0.455 e. The maximum Gasteiger partial charge on any atom is 0.151 e. The van der Waals surface area contributed by atoms with Crippen molar-refractivity contribution in [2.45, 2.75) is 18.6 Å². The van der Waals surface area contributed by atoms with Gasteiger partial charge >= 0.3 is 0 Å². The maximum absolute atomic E-state index is 10.6. The highest BCUT2D eigenvalue weighted by Gasteiger charge is 2.34. The molecule has 3 aromatic carbocycles. The molecule has 1 aliphatic heterocycles. The number of para-hydroxylation sites is 2. The summed E-state index contributed by atoms with van der Waals surface area (Å²) < 4.78 is 6.17. The number of aliphatic hydroxyl groups is 2. The summed E-state index contributed by atoms with van der Waals surface area (Å²) in [7, 11) is 0. The molecule has 0 aliphatic carbocycles. The van der Waals surface area contributed by atoms with Crippen LogP contribution in [0.4, 0.5) is 5.69 Å². The summed E-state index contributed by atoms with van der Waals surface area (Å²) in [6.07, 6.45) is -0.00821. The third-order valence-corrected chi connectivity index (χ3v) is 4.99. The van der Waals surface area contributed by atoms with E-state index in [9.17, 15) is 10.2 Å². The van der Waals surface area contributed by atoms with Crippen LogP contribution in [0.1, 0.15) is 17.2 Å². The second-order valence-electron chi connectivity index (χ2n) is 6.73. The molecule has 0 bridgehead atoms. The standard InChI is InChI=1S/C23H23NO3/c25-16-20(26)22(17-8-3-1-4-9-17)24-15-14-18-10-7-13-21(23(18)24)27-19-11-5-2-6-12-19/h1-13,20,22,25-26H,14-16H2/t20-,22+/m1/s1. The first-order valence-corrected chi connectivity index (χ1v) is 9.23. The average molecular weight is 361 g/mol. The van der Waals surface area contributed by atoms with Crippen LogP contribution in [0, 0.1) is 0 Å². The zero-order valence-electron chi connectivity index (χ0n) is 15.0. The smallest absolute Gasteiger partial charge is 0.151 e. The van der Waals surface area contributed by atoms with Gasteiger partial charge in [-0.3, -0.25) is 0 Å². The molecule has 4 rings (SSSR count). The Kier molecular flexibility index (Phi) is 5.10. The van der Waals surface area contributed by atoms with Gasteiger partial charge in [0.15, 0.2) is 5.75 Å². The largest absolute Gasteiger partial charge is 0.455 e. The molecule has 1 heterocycles. The van der Waals surface area contributed by atoms with Crippen molar-refractivity contribution in [2.24, 2.45) is 0 Å². The molecule has 0 spiro atoms. The number of ether oxygens (including phenoxy) is 1. The van der Waals surface area contributed by atoms with Crippen molar-refractivity contribution in [2.75, 3.05) is 18.1 Å². The minimum absolute atomic E-state index is 0.299. The number of fused-ring (bicyclic) bond motifs is 1. The van der Waals surface area contributed by atoms with Crippen LogP contribution in [0.15, 0.2) is 78.9 Å². The Labute approximate surface area is 159 Å².